The molecule has 1 heterocycles. The molecular formula is C17H26IN5O. The van der Waals surface area contributed by atoms with Crippen LogP contribution in [0.15, 0.2) is 35.3 Å². The van der Waals surface area contributed by atoms with Crippen LogP contribution in [0.5, 0.6) is 0 Å². The van der Waals surface area contributed by atoms with E-state index in [4.69, 9.17) is 4.74 Å². The largest absolute Gasteiger partial charge is 0.383 e. The average molecular weight is 443 g/mol. The first kappa shape index (κ1) is 20.4. The number of fused-ring (bicyclic) bond motifs is 1. The summed E-state index contributed by atoms with van der Waals surface area (Å²) in [6, 6.07) is 10.3. The number of anilines is 1. The number of methoxy groups -OCH3 is 1. The maximum absolute atomic E-state index is 5.04. The molecule has 0 aliphatic rings. The van der Waals surface area contributed by atoms with Gasteiger partial charge < -0.3 is 20.3 Å². The number of halogens is 1. The minimum atomic E-state index is 0. The molecule has 6 nitrogen and oxygen atoms in total. The van der Waals surface area contributed by atoms with Crippen LogP contribution in [0.2, 0.25) is 0 Å². The monoisotopic (exact) mass is 443 g/mol. The number of nitrogens with zero attached hydrogens (tertiary/aromatic N) is 3. The summed E-state index contributed by atoms with van der Waals surface area (Å²) in [4.78, 5) is 10.9. The zero-order valence-electron chi connectivity index (χ0n) is 14.7. The van der Waals surface area contributed by atoms with E-state index in [1.807, 2.05) is 37.2 Å². The Hall–Kier alpha value is -1.61. The molecule has 0 saturated carbocycles. The average Bonchev–Trinajstić information content (AvgIpc) is 2.57. The van der Waals surface area contributed by atoms with Crippen molar-refractivity contribution in [2.75, 3.05) is 46.3 Å². The number of para-hydroxylation sites is 1. The summed E-state index contributed by atoms with van der Waals surface area (Å²) in [5.74, 6) is 1.71. The van der Waals surface area contributed by atoms with Gasteiger partial charge in [-0.15, -0.1) is 24.0 Å². The molecule has 2 aromatic rings. The van der Waals surface area contributed by atoms with Gasteiger partial charge in [0.2, 0.25) is 0 Å². The van der Waals surface area contributed by atoms with Gasteiger partial charge in [-0.05, 0) is 17.7 Å². The van der Waals surface area contributed by atoms with Gasteiger partial charge in [-0.3, -0.25) is 4.99 Å². The Morgan fingerprint density at radius 2 is 2.00 bits per heavy atom. The SMILES string of the molecule is CN=C(NCCOC)NCc1cc(N(C)C)nc2ccccc12.I. The molecule has 24 heavy (non-hydrogen) atoms. The molecule has 0 radical (unpaired) electrons. The van der Waals surface area contributed by atoms with Gasteiger partial charge >= 0.3 is 0 Å². The number of rotatable bonds is 6. The van der Waals surface area contributed by atoms with Crippen molar-refractivity contribution in [1.29, 1.82) is 0 Å². The Bertz CT molecular complexity index is 675. The lowest BCUT2D eigenvalue weighted by atomic mass is 10.1. The number of guanidine groups is 1. The van der Waals surface area contributed by atoms with Crippen molar-refractivity contribution in [3.63, 3.8) is 0 Å². The van der Waals surface area contributed by atoms with E-state index in [0.717, 1.165) is 29.2 Å². The third kappa shape index (κ3) is 5.48. The molecule has 7 heteroatoms. The lowest BCUT2D eigenvalue weighted by Crippen LogP contribution is -2.38. The summed E-state index contributed by atoms with van der Waals surface area (Å²) in [5, 5.41) is 7.70. The maximum atomic E-state index is 5.04. The summed E-state index contributed by atoms with van der Waals surface area (Å²) >= 11 is 0. The van der Waals surface area contributed by atoms with Crippen molar-refractivity contribution < 1.29 is 4.74 Å². The van der Waals surface area contributed by atoms with E-state index in [0.29, 0.717) is 13.2 Å². The molecule has 0 fully saturated rings. The van der Waals surface area contributed by atoms with Gasteiger partial charge in [-0.1, -0.05) is 18.2 Å². The van der Waals surface area contributed by atoms with E-state index in [9.17, 15) is 0 Å². The van der Waals surface area contributed by atoms with Crippen molar-refractivity contribution >= 4 is 46.7 Å². The van der Waals surface area contributed by atoms with Gasteiger partial charge in [0.15, 0.2) is 5.96 Å². The van der Waals surface area contributed by atoms with Crippen molar-refractivity contribution in [2.45, 2.75) is 6.54 Å². The van der Waals surface area contributed by atoms with Crippen LogP contribution < -0.4 is 15.5 Å². The number of hydrogen-bond acceptors (Lipinski definition) is 4. The van der Waals surface area contributed by atoms with E-state index in [1.54, 1.807) is 14.2 Å². The molecule has 0 atom stereocenters. The topological polar surface area (TPSA) is 61.8 Å². The number of benzene rings is 1. The lowest BCUT2D eigenvalue weighted by Gasteiger charge is -2.16. The summed E-state index contributed by atoms with van der Waals surface area (Å²) in [6.07, 6.45) is 0. The Balaban J connectivity index is 0.00000288. The molecule has 0 unspecified atom stereocenters. The Morgan fingerprint density at radius 3 is 2.67 bits per heavy atom. The first-order valence-electron chi connectivity index (χ1n) is 7.65. The highest BCUT2D eigenvalue weighted by Gasteiger charge is 2.07. The first-order chi connectivity index (χ1) is 11.2. The smallest absolute Gasteiger partial charge is 0.191 e. The van der Waals surface area contributed by atoms with E-state index in [1.165, 1.54) is 5.56 Å². The number of aliphatic imine (C=N–C) groups is 1. The standard InChI is InChI=1S/C17H25N5O.HI/c1-18-17(19-9-10-23-4)20-12-13-11-16(22(2)3)21-15-8-6-5-7-14(13)15;/h5-8,11H,9-10,12H2,1-4H3,(H2,18,19,20);1H. The van der Waals surface area contributed by atoms with Gasteiger partial charge in [-0.2, -0.15) is 0 Å². The number of nitrogens with one attached hydrogen (secondary N) is 2. The van der Waals surface area contributed by atoms with E-state index < -0.39 is 0 Å². The zero-order chi connectivity index (χ0) is 16.7. The van der Waals surface area contributed by atoms with Crippen LogP contribution in [0, 0.1) is 0 Å². The number of aromatic nitrogens is 1. The van der Waals surface area contributed by atoms with Crippen LogP contribution in [0.25, 0.3) is 10.9 Å². The van der Waals surface area contributed by atoms with Gasteiger partial charge in [0, 0.05) is 46.7 Å². The molecule has 1 aromatic heterocycles. The minimum Gasteiger partial charge on any atom is -0.383 e. The summed E-state index contributed by atoms with van der Waals surface area (Å²) in [7, 11) is 7.45. The van der Waals surface area contributed by atoms with Crippen LogP contribution >= 0.6 is 24.0 Å². The quantitative estimate of drug-likeness (QED) is 0.311. The third-order valence-electron chi connectivity index (χ3n) is 3.52. The third-order valence-corrected chi connectivity index (χ3v) is 3.52. The molecule has 2 N–H and O–H groups in total. The predicted molar refractivity (Wildman–Crippen MR) is 112 cm³/mol. The molecule has 0 bridgehead atoms. The van der Waals surface area contributed by atoms with E-state index in [-0.39, 0.29) is 24.0 Å². The maximum Gasteiger partial charge on any atom is 0.191 e. The fraction of sp³-hybridized carbons (Fsp3) is 0.412. The first-order valence-corrected chi connectivity index (χ1v) is 7.65. The Morgan fingerprint density at radius 1 is 1.25 bits per heavy atom. The second-order valence-electron chi connectivity index (χ2n) is 5.40. The van der Waals surface area contributed by atoms with Gasteiger partial charge in [0.05, 0.1) is 12.1 Å². The van der Waals surface area contributed by atoms with Crippen LogP contribution in [0.1, 0.15) is 5.56 Å². The minimum absolute atomic E-state index is 0. The summed E-state index contributed by atoms with van der Waals surface area (Å²) in [5.41, 5.74) is 2.19. The number of pyridine rings is 1. The predicted octanol–water partition coefficient (Wildman–Crippen LogP) is 2.23. The highest BCUT2D eigenvalue weighted by molar-refractivity contribution is 14.0. The highest BCUT2D eigenvalue weighted by atomic mass is 127. The number of hydrogen-bond donors (Lipinski definition) is 2. The second-order valence-corrected chi connectivity index (χ2v) is 5.40. The van der Waals surface area contributed by atoms with Crippen molar-refractivity contribution in [1.82, 2.24) is 15.6 Å². The van der Waals surface area contributed by atoms with Crippen molar-refractivity contribution in [3.05, 3.63) is 35.9 Å². The van der Waals surface area contributed by atoms with Crippen molar-refractivity contribution in [2.24, 2.45) is 4.99 Å². The molecule has 132 valence electrons. The normalized spacial score (nSPS) is 11.1. The van der Waals surface area contributed by atoms with Crippen LogP contribution in [0.3, 0.4) is 0 Å². The highest BCUT2D eigenvalue weighted by Crippen LogP contribution is 2.21. The lowest BCUT2D eigenvalue weighted by molar-refractivity contribution is 0.203. The number of ether oxygens (including phenoxy) is 1. The Kier molecular flexibility index (Phi) is 8.77. The second kappa shape index (κ2) is 10.3. The van der Waals surface area contributed by atoms with E-state index in [2.05, 4.69) is 32.7 Å². The van der Waals surface area contributed by atoms with Gasteiger partial charge in [0.25, 0.3) is 0 Å². The molecule has 0 aliphatic carbocycles. The molecule has 0 amide bonds. The van der Waals surface area contributed by atoms with Gasteiger partial charge in [-0.25, -0.2) is 4.98 Å². The fourth-order valence-corrected chi connectivity index (χ4v) is 2.28. The zero-order valence-corrected chi connectivity index (χ0v) is 17.0. The molecule has 0 aliphatic heterocycles. The van der Waals surface area contributed by atoms with Crippen LogP contribution in [-0.4, -0.2) is 52.3 Å². The molecule has 0 saturated heterocycles. The molecular weight excluding hydrogens is 417 g/mol. The molecule has 0 spiro atoms. The van der Waals surface area contributed by atoms with E-state index >= 15 is 0 Å². The summed E-state index contributed by atoms with van der Waals surface area (Å²) < 4.78 is 5.04. The van der Waals surface area contributed by atoms with Crippen LogP contribution in [0.4, 0.5) is 5.82 Å². The van der Waals surface area contributed by atoms with Crippen molar-refractivity contribution in [3.8, 4) is 0 Å². The molecule has 1 aromatic carbocycles. The molecule has 2 rings (SSSR count). The summed E-state index contributed by atoms with van der Waals surface area (Å²) in [6.45, 7) is 2.04. The van der Waals surface area contributed by atoms with Gasteiger partial charge in [0.1, 0.15) is 5.82 Å². The Labute approximate surface area is 160 Å². The fourth-order valence-electron chi connectivity index (χ4n) is 2.28. The van der Waals surface area contributed by atoms with Crippen LogP contribution in [-0.2, 0) is 11.3 Å².